The summed E-state index contributed by atoms with van der Waals surface area (Å²) in [6.45, 7) is 5.02. The molecule has 122 valence electrons. The van der Waals surface area contributed by atoms with Crippen molar-refractivity contribution in [3.05, 3.63) is 35.9 Å². The third-order valence-electron chi connectivity index (χ3n) is 4.83. The van der Waals surface area contributed by atoms with Crippen LogP contribution in [0.25, 0.3) is 0 Å². The van der Waals surface area contributed by atoms with Crippen molar-refractivity contribution in [2.24, 2.45) is 17.6 Å². The van der Waals surface area contributed by atoms with Crippen molar-refractivity contribution >= 4 is 5.91 Å². The van der Waals surface area contributed by atoms with Crippen LogP contribution in [0.5, 0.6) is 0 Å². The Morgan fingerprint density at radius 3 is 2.59 bits per heavy atom. The first kappa shape index (κ1) is 17.0. The first-order chi connectivity index (χ1) is 10.6. The number of rotatable bonds is 6. The summed E-state index contributed by atoms with van der Waals surface area (Å²) in [6.07, 6.45) is 3.56. The lowest BCUT2D eigenvalue weighted by Gasteiger charge is -2.29. The number of likely N-dealkylation sites (tertiary alicyclic amines) is 1. The summed E-state index contributed by atoms with van der Waals surface area (Å²) in [5.74, 6) is 0.596. The molecule has 22 heavy (non-hydrogen) atoms. The maximum Gasteiger partial charge on any atom is 0.224 e. The standard InChI is InChI=1S/C18H29N3O/c1-14(17(19)16-6-4-3-5-7-16)18(22)20-11-8-15-9-12-21(2)13-10-15/h3-7,14-15,17H,8-13,19H2,1-2H3,(H,20,22). The average Bonchev–Trinajstić information content (AvgIpc) is 2.56. The molecule has 1 aliphatic heterocycles. The van der Waals surface area contributed by atoms with Crippen LogP contribution in [0.4, 0.5) is 0 Å². The molecule has 1 aliphatic rings. The van der Waals surface area contributed by atoms with Crippen LogP contribution in [0.3, 0.4) is 0 Å². The molecule has 1 aromatic rings. The third kappa shape index (κ3) is 4.82. The Morgan fingerprint density at radius 1 is 1.32 bits per heavy atom. The maximum atomic E-state index is 12.3. The minimum absolute atomic E-state index is 0.0595. The first-order valence-electron chi connectivity index (χ1n) is 8.34. The molecule has 2 unspecified atom stereocenters. The summed E-state index contributed by atoms with van der Waals surface area (Å²) in [4.78, 5) is 14.6. The van der Waals surface area contributed by atoms with E-state index in [4.69, 9.17) is 5.73 Å². The van der Waals surface area contributed by atoms with Crippen LogP contribution >= 0.6 is 0 Å². The number of nitrogens with two attached hydrogens (primary N) is 1. The number of nitrogens with one attached hydrogen (secondary N) is 1. The lowest BCUT2D eigenvalue weighted by atomic mass is 9.93. The van der Waals surface area contributed by atoms with Crippen LogP contribution in [-0.4, -0.2) is 37.5 Å². The Bertz CT molecular complexity index is 455. The van der Waals surface area contributed by atoms with Gasteiger partial charge in [-0.15, -0.1) is 0 Å². The monoisotopic (exact) mass is 303 g/mol. The summed E-state index contributed by atoms with van der Waals surface area (Å²) in [5, 5.41) is 3.06. The van der Waals surface area contributed by atoms with Gasteiger partial charge in [-0.1, -0.05) is 37.3 Å². The Labute approximate surface area is 134 Å². The summed E-state index contributed by atoms with van der Waals surface area (Å²) in [6, 6.07) is 9.59. The number of piperidine rings is 1. The van der Waals surface area contributed by atoms with Crippen LogP contribution in [-0.2, 0) is 4.79 Å². The van der Waals surface area contributed by atoms with Crippen molar-refractivity contribution in [2.75, 3.05) is 26.7 Å². The molecule has 2 atom stereocenters. The number of hydrogen-bond donors (Lipinski definition) is 2. The molecule has 0 aromatic heterocycles. The van der Waals surface area contributed by atoms with Crippen molar-refractivity contribution < 1.29 is 4.79 Å². The molecule has 1 aromatic carbocycles. The summed E-state index contributed by atoms with van der Waals surface area (Å²) < 4.78 is 0. The fourth-order valence-corrected chi connectivity index (χ4v) is 3.04. The van der Waals surface area contributed by atoms with Gasteiger partial charge in [0.2, 0.25) is 5.91 Å². The van der Waals surface area contributed by atoms with Gasteiger partial charge in [-0.05, 0) is 50.9 Å². The largest absolute Gasteiger partial charge is 0.356 e. The van der Waals surface area contributed by atoms with Crippen molar-refractivity contribution in [3.8, 4) is 0 Å². The molecule has 0 spiro atoms. The molecular formula is C18H29N3O. The fraction of sp³-hybridized carbons (Fsp3) is 0.611. The summed E-state index contributed by atoms with van der Waals surface area (Å²) >= 11 is 0. The van der Waals surface area contributed by atoms with Gasteiger partial charge in [0.1, 0.15) is 0 Å². The highest BCUT2D eigenvalue weighted by Crippen LogP contribution is 2.20. The highest BCUT2D eigenvalue weighted by Gasteiger charge is 2.22. The van der Waals surface area contributed by atoms with Crippen LogP contribution in [0, 0.1) is 11.8 Å². The van der Waals surface area contributed by atoms with Crippen molar-refractivity contribution in [1.29, 1.82) is 0 Å². The van der Waals surface area contributed by atoms with E-state index >= 15 is 0 Å². The first-order valence-corrected chi connectivity index (χ1v) is 8.34. The minimum Gasteiger partial charge on any atom is -0.356 e. The molecule has 0 radical (unpaired) electrons. The number of hydrogen-bond acceptors (Lipinski definition) is 3. The Balaban J connectivity index is 1.72. The van der Waals surface area contributed by atoms with Gasteiger partial charge < -0.3 is 16.0 Å². The summed E-state index contributed by atoms with van der Waals surface area (Å²) in [7, 11) is 2.17. The van der Waals surface area contributed by atoms with E-state index in [2.05, 4.69) is 17.3 Å². The molecule has 1 fully saturated rings. The lowest BCUT2D eigenvalue weighted by Crippen LogP contribution is -2.37. The van der Waals surface area contributed by atoms with Crippen molar-refractivity contribution in [1.82, 2.24) is 10.2 Å². The smallest absolute Gasteiger partial charge is 0.224 e. The van der Waals surface area contributed by atoms with Gasteiger partial charge in [-0.2, -0.15) is 0 Å². The van der Waals surface area contributed by atoms with Crippen LogP contribution in [0.15, 0.2) is 30.3 Å². The van der Waals surface area contributed by atoms with E-state index in [0.29, 0.717) is 0 Å². The molecule has 0 saturated carbocycles. The van der Waals surface area contributed by atoms with Gasteiger partial charge in [0.05, 0.1) is 5.92 Å². The van der Waals surface area contributed by atoms with Crippen LogP contribution < -0.4 is 11.1 Å². The Kier molecular flexibility index (Phi) is 6.40. The molecule has 1 amide bonds. The molecule has 2 rings (SSSR count). The zero-order chi connectivity index (χ0) is 15.9. The number of amides is 1. The second-order valence-electron chi connectivity index (χ2n) is 6.55. The normalized spacial score (nSPS) is 19.6. The number of carbonyl (C=O) groups is 1. The van der Waals surface area contributed by atoms with Crippen LogP contribution in [0.2, 0.25) is 0 Å². The van der Waals surface area contributed by atoms with Gasteiger partial charge in [0, 0.05) is 12.6 Å². The average molecular weight is 303 g/mol. The SMILES string of the molecule is CC(C(=O)NCCC1CCN(C)CC1)C(N)c1ccccc1. The topological polar surface area (TPSA) is 58.4 Å². The molecule has 4 heteroatoms. The number of benzene rings is 1. The van der Waals surface area contributed by atoms with E-state index in [-0.39, 0.29) is 17.9 Å². The quantitative estimate of drug-likeness (QED) is 0.847. The predicted molar refractivity (Wildman–Crippen MR) is 90.4 cm³/mol. The van der Waals surface area contributed by atoms with E-state index in [0.717, 1.165) is 24.4 Å². The molecule has 4 nitrogen and oxygen atoms in total. The molecular weight excluding hydrogens is 274 g/mol. The molecule has 1 heterocycles. The zero-order valence-corrected chi connectivity index (χ0v) is 13.8. The highest BCUT2D eigenvalue weighted by atomic mass is 16.1. The minimum atomic E-state index is -0.246. The van der Waals surface area contributed by atoms with Gasteiger partial charge in [0.25, 0.3) is 0 Å². The third-order valence-corrected chi connectivity index (χ3v) is 4.83. The van der Waals surface area contributed by atoms with Crippen molar-refractivity contribution in [3.63, 3.8) is 0 Å². The summed E-state index contributed by atoms with van der Waals surface area (Å²) in [5.41, 5.74) is 7.22. The molecule has 3 N–H and O–H groups in total. The van der Waals surface area contributed by atoms with E-state index in [1.807, 2.05) is 37.3 Å². The fourth-order valence-electron chi connectivity index (χ4n) is 3.04. The van der Waals surface area contributed by atoms with Gasteiger partial charge in [-0.25, -0.2) is 0 Å². The second-order valence-corrected chi connectivity index (χ2v) is 6.55. The predicted octanol–water partition coefficient (Wildman–Crippen LogP) is 2.17. The second kappa shape index (κ2) is 8.30. The van der Waals surface area contributed by atoms with Crippen LogP contribution in [0.1, 0.15) is 37.8 Å². The van der Waals surface area contributed by atoms with E-state index in [9.17, 15) is 4.79 Å². The maximum absolute atomic E-state index is 12.3. The van der Waals surface area contributed by atoms with E-state index in [1.165, 1.54) is 25.9 Å². The molecule has 0 aliphatic carbocycles. The van der Waals surface area contributed by atoms with Crippen molar-refractivity contribution in [2.45, 2.75) is 32.2 Å². The highest BCUT2D eigenvalue weighted by molar-refractivity contribution is 5.79. The molecule has 0 bridgehead atoms. The Morgan fingerprint density at radius 2 is 1.95 bits per heavy atom. The van der Waals surface area contributed by atoms with Gasteiger partial charge >= 0.3 is 0 Å². The van der Waals surface area contributed by atoms with Gasteiger partial charge in [-0.3, -0.25) is 4.79 Å². The van der Waals surface area contributed by atoms with E-state index < -0.39 is 0 Å². The Hall–Kier alpha value is -1.39. The number of carbonyl (C=O) groups excluding carboxylic acids is 1. The lowest BCUT2D eigenvalue weighted by molar-refractivity contribution is -0.125. The van der Waals surface area contributed by atoms with Gasteiger partial charge in [0.15, 0.2) is 0 Å². The zero-order valence-electron chi connectivity index (χ0n) is 13.8. The molecule has 1 saturated heterocycles. The number of nitrogens with zero attached hydrogens (tertiary/aromatic N) is 1. The van der Waals surface area contributed by atoms with E-state index in [1.54, 1.807) is 0 Å².